The smallest absolute Gasteiger partial charge is 0.220 e. The number of allylic oxidation sites excluding steroid dienone is 23. The summed E-state index contributed by atoms with van der Waals surface area (Å²) in [5, 5.41) is 121. The summed E-state index contributed by atoms with van der Waals surface area (Å²) >= 11 is 0. The third kappa shape index (κ3) is 45.7. The number of hydrogen-bond donors (Lipinski definition) is 12. The van der Waals surface area contributed by atoms with E-state index in [1.165, 1.54) is 122 Å². The highest BCUT2D eigenvalue weighted by Crippen LogP contribution is 2.33. The Bertz CT molecular complexity index is 2500. The van der Waals surface area contributed by atoms with Gasteiger partial charge in [0.25, 0.3) is 0 Å². The summed E-state index contributed by atoms with van der Waals surface area (Å²) in [5.41, 5.74) is 0. The van der Waals surface area contributed by atoms with Crippen LogP contribution < -0.4 is 5.32 Å². The molecule has 0 spiro atoms. The first kappa shape index (κ1) is 96.9. The van der Waals surface area contributed by atoms with Gasteiger partial charge in [0.05, 0.1) is 38.6 Å². The lowest BCUT2D eigenvalue weighted by Gasteiger charge is -2.48. The summed E-state index contributed by atoms with van der Waals surface area (Å²) in [5.74, 6) is -0.294. The van der Waals surface area contributed by atoms with Gasteiger partial charge >= 0.3 is 0 Å². The van der Waals surface area contributed by atoms with Crippen molar-refractivity contribution in [1.82, 2.24) is 5.32 Å². The third-order valence-electron chi connectivity index (χ3n) is 19.6. The molecule has 0 radical (unpaired) electrons. The monoisotopic (exact) mass is 1510 g/mol. The summed E-state index contributed by atoms with van der Waals surface area (Å²) < 4.78 is 34.4. The molecule has 3 rings (SSSR count). The van der Waals surface area contributed by atoms with Gasteiger partial charge in [0, 0.05) is 6.42 Å². The molecule has 3 aliphatic heterocycles. The fourth-order valence-corrected chi connectivity index (χ4v) is 13.0. The van der Waals surface area contributed by atoms with Crippen LogP contribution in [0.15, 0.2) is 146 Å². The fraction of sp³-hybridized carbons (Fsp3) is 0.716. The van der Waals surface area contributed by atoms with Crippen molar-refractivity contribution in [3.8, 4) is 0 Å². The van der Waals surface area contributed by atoms with E-state index in [1.807, 2.05) is 6.08 Å². The lowest BCUT2D eigenvalue weighted by molar-refractivity contribution is -0.379. The number of aliphatic hydroxyl groups is 11. The van der Waals surface area contributed by atoms with E-state index < -0.39 is 124 Å². The number of aliphatic hydroxyl groups excluding tert-OH is 11. The Morgan fingerprint density at radius 1 is 0.346 bits per heavy atom. The summed E-state index contributed by atoms with van der Waals surface area (Å²) in [4.78, 5) is 13.5. The number of nitrogens with one attached hydrogen (secondary N) is 1. The Labute approximate surface area is 644 Å². The standard InChI is InChI=1S/C88H147NO18/c1-3-5-7-9-11-13-15-17-19-21-23-25-26-27-28-29-30-31-32-33-34-35-36-37-38-39-40-41-42-43-44-46-48-50-52-54-56-58-60-62-64-66-76(94)89-71(72(93)65-63-61-59-57-55-53-51-49-47-45-24-22-20-18-16-14-12-10-8-6-4-2)70-102-86-82(100)79(97)84(74(68-91)104-86)107-88-83(101)80(98)85(75(69-92)105-88)106-87-81(99)78(96)77(95)73(67-90)103-87/h5,7,11,13,17,19,23,25,27-28,30-31,33-34,36-37,39-40,42-43,55,57,63,65,71-75,77-88,90-93,95-101H,3-4,6,8-10,12,14-16,18,20-22,24,26,29,32,35,38,41,44-54,56,58-62,64,66-70H2,1-2H3,(H,89,94)/b7-5-,13-11-,19-17-,25-23-,28-27-,31-30-,34-33-,37-36-,40-39-,43-42-,57-55+,65-63+. The Kier molecular flexibility index (Phi) is 60.0. The maximum absolute atomic E-state index is 13.5. The number of rotatable bonds is 64. The van der Waals surface area contributed by atoms with E-state index in [-0.39, 0.29) is 18.9 Å². The first-order valence-corrected chi connectivity index (χ1v) is 41.6. The Hall–Kier alpha value is -4.33. The van der Waals surface area contributed by atoms with Gasteiger partial charge in [-0.2, -0.15) is 0 Å². The van der Waals surface area contributed by atoms with Gasteiger partial charge in [-0.25, -0.2) is 0 Å². The molecule has 3 saturated heterocycles. The summed E-state index contributed by atoms with van der Waals surface area (Å²) in [6.07, 6.45) is 69.7. The number of carbonyl (C=O) groups is 1. The zero-order chi connectivity index (χ0) is 77.4. The van der Waals surface area contributed by atoms with Gasteiger partial charge < -0.3 is 89.9 Å². The molecule has 19 heteroatoms. The number of hydrogen-bond acceptors (Lipinski definition) is 18. The molecule has 612 valence electrons. The van der Waals surface area contributed by atoms with Crippen LogP contribution in [0, 0.1) is 0 Å². The minimum Gasteiger partial charge on any atom is -0.394 e. The van der Waals surface area contributed by atoms with E-state index >= 15 is 0 Å². The first-order chi connectivity index (χ1) is 52.3. The Balaban J connectivity index is 1.35. The molecule has 0 aromatic heterocycles. The predicted octanol–water partition coefficient (Wildman–Crippen LogP) is 14.6. The van der Waals surface area contributed by atoms with E-state index in [9.17, 15) is 61.0 Å². The first-order valence-electron chi connectivity index (χ1n) is 41.6. The second-order valence-corrected chi connectivity index (χ2v) is 28.8. The van der Waals surface area contributed by atoms with Gasteiger partial charge in [0.2, 0.25) is 5.91 Å². The summed E-state index contributed by atoms with van der Waals surface area (Å²) in [7, 11) is 0. The summed E-state index contributed by atoms with van der Waals surface area (Å²) in [6, 6.07) is -1.00. The number of carbonyl (C=O) groups excluding carboxylic acids is 1. The van der Waals surface area contributed by atoms with Crippen molar-refractivity contribution in [2.75, 3.05) is 26.4 Å². The average Bonchev–Trinajstić information content (AvgIpc) is 0.782. The van der Waals surface area contributed by atoms with Gasteiger partial charge in [-0.15, -0.1) is 0 Å². The highest BCUT2D eigenvalue weighted by molar-refractivity contribution is 5.76. The molecule has 3 aliphatic rings. The molecular weight excluding hydrogens is 1360 g/mol. The van der Waals surface area contributed by atoms with Crippen molar-refractivity contribution < 1.29 is 89.4 Å². The number of amides is 1. The maximum Gasteiger partial charge on any atom is 0.220 e. The van der Waals surface area contributed by atoms with E-state index in [0.717, 1.165) is 116 Å². The number of unbranched alkanes of at least 4 members (excludes halogenated alkanes) is 26. The van der Waals surface area contributed by atoms with Crippen LogP contribution in [-0.4, -0.2) is 193 Å². The number of ether oxygens (including phenoxy) is 6. The van der Waals surface area contributed by atoms with Gasteiger partial charge in [0.1, 0.15) is 73.2 Å². The van der Waals surface area contributed by atoms with Gasteiger partial charge in [-0.1, -0.05) is 301 Å². The Morgan fingerprint density at radius 2 is 0.654 bits per heavy atom. The minimum atomic E-state index is -1.99. The van der Waals surface area contributed by atoms with Crippen LogP contribution in [-0.2, 0) is 33.2 Å². The van der Waals surface area contributed by atoms with Crippen molar-refractivity contribution in [1.29, 1.82) is 0 Å². The molecule has 12 N–H and O–H groups in total. The van der Waals surface area contributed by atoms with Crippen LogP contribution in [0.2, 0.25) is 0 Å². The molecule has 17 unspecified atom stereocenters. The lowest BCUT2D eigenvalue weighted by Crippen LogP contribution is -2.66. The summed E-state index contributed by atoms with van der Waals surface area (Å²) in [6.45, 7) is 1.60. The molecule has 17 atom stereocenters. The van der Waals surface area contributed by atoms with Gasteiger partial charge in [-0.05, 0) is 109 Å². The quantitative estimate of drug-likeness (QED) is 0.0199. The molecule has 19 nitrogen and oxygen atoms in total. The van der Waals surface area contributed by atoms with E-state index in [0.29, 0.717) is 12.8 Å². The molecule has 3 fully saturated rings. The van der Waals surface area contributed by atoms with Crippen molar-refractivity contribution in [2.24, 2.45) is 0 Å². The highest BCUT2D eigenvalue weighted by atomic mass is 16.8. The topological polar surface area (TPSA) is 307 Å². The zero-order valence-corrected chi connectivity index (χ0v) is 65.6. The molecule has 107 heavy (non-hydrogen) atoms. The van der Waals surface area contributed by atoms with E-state index in [4.69, 9.17) is 28.4 Å². The van der Waals surface area contributed by atoms with Crippen molar-refractivity contribution in [2.45, 2.75) is 375 Å². The van der Waals surface area contributed by atoms with E-state index in [1.54, 1.807) is 6.08 Å². The molecule has 3 heterocycles. The zero-order valence-electron chi connectivity index (χ0n) is 65.6. The normalized spacial score (nSPS) is 26.3. The molecule has 0 bridgehead atoms. The molecule has 1 amide bonds. The maximum atomic E-state index is 13.5. The van der Waals surface area contributed by atoms with Crippen LogP contribution >= 0.6 is 0 Å². The lowest BCUT2D eigenvalue weighted by atomic mass is 9.96. The van der Waals surface area contributed by atoms with Gasteiger partial charge in [0.15, 0.2) is 18.9 Å². The van der Waals surface area contributed by atoms with Gasteiger partial charge in [-0.3, -0.25) is 4.79 Å². The van der Waals surface area contributed by atoms with Crippen LogP contribution in [0.5, 0.6) is 0 Å². The second-order valence-electron chi connectivity index (χ2n) is 28.8. The van der Waals surface area contributed by atoms with Crippen molar-refractivity contribution in [3.05, 3.63) is 146 Å². The van der Waals surface area contributed by atoms with Crippen molar-refractivity contribution in [3.63, 3.8) is 0 Å². The minimum absolute atomic E-state index is 0.222. The molecule has 0 saturated carbocycles. The average molecular weight is 1510 g/mol. The largest absolute Gasteiger partial charge is 0.394 e. The van der Waals surface area contributed by atoms with Crippen LogP contribution in [0.3, 0.4) is 0 Å². The molecule has 0 aliphatic carbocycles. The third-order valence-corrected chi connectivity index (χ3v) is 19.6. The fourth-order valence-electron chi connectivity index (χ4n) is 13.0. The van der Waals surface area contributed by atoms with E-state index in [2.05, 4.69) is 153 Å². The van der Waals surface area contributed by atoms with Crippen LogP contribution in [0.25, 0.3) is 0 Å². The highest BCUT2D eigenvalue weighted by Gasteiger charge is 2.54. The van der Waals surface area contributed by atoms with Crippen LogP contribution in [0.1, 0.15) is 271 Å². The van der Waals surface area contributed by atoms with Crippen molar-refractivity contribution >= 4 is 5.91 Å². The molecule has 0 aromatic carbocycles. The molecule has 0 aromatic rings. The molecular formula is C88H147NO18. The Morgan fingerprint density at radius 3 is 1.05 bits per heavy atom. The SMILES string of the molecule is CC/C=C\C/C=C\C/C=C\C/C=C\C/C=C\C/C=C\C/C=C\C/C=C\C/C=C\C/C=C\CCCCCCCCCCCCC(=O)NC(COC1OC(CO)C(OC2OC(CO)C(OC3OC(CO)C(O)C(O)C3O)C(O)C2O)C(O)C1O)C(O)/C=C/CC/C=C/CCCCCCCCCCCCCCCCC. The second kappa shape index (κ2) is 66.3. The predicted molar refractivity (Wildman–Crippen MR) is 429 cm³/mol. The van der Waals surface area contributed by atoms with Crippen LogP contribution in [0.4, 0.5) is 0 Å².